The van der Waals surface area contributed by atoms with Crippen LogP contribution in [0.5, 0.6) is 5.75 Å². The number of carboxylic acids is 1. The van der Waals surface area contributed by atoms with Gasteiger partial charge in [0.2, 0.25) is 0 Å². The Morgan fingerprint density at radius 2 is 1.87 bits per heavy atom. The van der Waals surface area contributed by atoms with Gasteiger partial charge >= 0.3 is 5.97 Å². The summed E-state index contributed by atoms with van der Waals surface area (Å²) in [5.41, 5.74) is 11.9. The number of hydrogen-bond acceptors (Lipinski definition) is 7. The Bertz CT molecular complexity index is 1010. The Morgan fingerprint density at radius 3 is 2.43 bits per heavy atom. The number of carboxylic acid groups (broad SMARTS) is 1. The maximum Gasteiger partial charge on any atom is 0.317 e. The first-order chi connectivity index (χ1) is 14.3. The van der Waals surface area contributed by atoms with Crippen LogP contribution in [0.4, 0.5) is 0 Å². The summed E-state index contributed by atoms with van der Waals surface area (Å²) in [4.78, 5) is 24.2. The molecule has 0 radical (unpaired) electrons. The number of hydrogen-bond donors (Lipinski definition) is 4. The molecule has 3 aromatic rings. The van der Waals surface area contributed by atoms with E-state index in [1.165, 1.54) is 17.8 Å². The lowest BCUT2D eigenvalue weighted by molar-refractivity contribution is -0.135. The van der Waals surface area contributed by atoms with Crippen LogP contribution < -0.4 is 11.5 Å². The Morgan fingerprint density at radius 1 is 1.20 bits per heavy atom. The van der Waals surface area contributed by atoms with Crippen LogP contribution in [0.15, 0.2) is 42.7 Å². The van der Waals surface area contributed by atoms with Crippen molar-refractivity contribution in [1.82, 2.24) is 20.0 Å². The van der Waals surface area contributed by atoms with E-state index in [-0.39, 0.29) is 18.0 Å². The molecular formula is C19H21ClN6O4. The van der Waals surface area contributed by atoms with Crippen molar-refractivity contribution >= 4 is 23.5 Å². The van der Waals surface area contributed by atoms with E-state index < -0.39 is 11.9 Å². The van der Waals surface area contributed by atoms with Crippen molar-refractivity contribution in [2.45, 2.75) is 19.4 Å². The standard InChI is InChI=1S/C17H16ClN5O2.C2H5NO2/c18-13-5-3-11(4-6-13)2-1-7-23-10-14(21-22-23)12-8-15(24)16(17(19)25)20-9-12;3-1-2(4)5/h3-6,8-10,24H,1-2,7H2,(H2,19,25);1,3H2,(H,4,5). The summed E-state index contributed by atoms with van der Waals surface area (Å²) >= 11 is 5.87. The summed E-state index contributed by atoms with van der Waals surface area (Å²) in [5, 5.41) is 26.2. The molecule has 0 fully saturated rings. The van der Waals surface area contributed by atoms with Crippen molar-refractivity contribution in [1.29, 1.82) is 0 Å². The predicted molar refractivity (Wildman–Crippen MR) is 110 cm³/mol. The number of aromatic nitrogens is 4. The fraction of sp³-hybridized carbons (Fsp3) is 0.211. The molecule has 2 heterocycles. The molecule has 158 valence electrons. The molecule has 10 nitrogen and oxygen atoms in total. The smallest absolute Gasteiger partial charge is 0.317 e. The largest absolute Gasteiger partial charge is 0.505 e. The quantitative estimate of drug-likeness (QED) is 0.434. The average Bonchev–Trinajstić information content (AvgIpc) is 3.18. The van der Waals surface area contributed by atoms with Crippen molar-refractivity contribution < 1.29 is 19.8 Å². The van der Waals surface area contributed by atoms with Crippen LogP contribution in [0.2, 0.25) is 5.02 Å². The normalized spacial score (nSPS) is 10.2. The lowest BCUT2D eigenvalue weighted by Crippen LogP contribution is -2.13. The molecule has 0 atom stereocenters. The van der Waals surface area contributed by atoms with Crippen molar-refractivity contribution in [3.05, 3.63) is 59.0 Å². The van der Waals surface area contributed by atoms with Gasteiger partial charge in [0.25, 0.3) is 5.91 Å². The Hall–Kier alpha value is -3.50. The van der Waals surface area contributed by atoms with Gasteiger partial charge in [-0.15, -0.1) is 5.10 Å². The summed E-state index contributed by atoms with van der Waals surface area (Å²) in [7, 11) is 0. The fourth-order valence-electron chi connectivity index (χ4n) is 2.42. The highest BCUT2D eigenvalue weighted by atomic mass is 35.5. The van der Waals surface area contributed by atoms with Crippen LogP contribution in [0, 0.1) is 0 Å². The minimum Gasteiger partial charge on any atom is -0.505 e. The lowest BCUT2D eigenvalue weighted by Gasteiger charge is -2.02. The molecule has 30 heavy (non-hydrogen) atoms. The Labute approximate surface area is 177 Å². The number of carbonyl (C=O) groups excluding carboxylic acids is 1. The summed E-state index contributed by atoms with van der Waals surface area (Å²) < 4.78 is 1.73. The van der Waals surface area contributed by atoms with Gasteiger partial charge in [-0.2, -0.15) is 0 Å². The second kappa shape index (κ2) is 10.9. The van der Waals surface area contributed by atoms with Gasteiger partial charge in [0, 0.05) is 23.3 Å². The number of benzene rings is 1. The molecule has 1 aromatic carbocycles. The molecule has 1 amide bonds. The first kappa shape index (κ1) is 22.8. The van der Waals surface area contributed by atoms with Crippen molar-refractivity contribution in [3.63, 3.8) is 0 Å². The van der Waals surface area contributed by atoms with Gasteiger partial charge in [-0.3, -0.25) is 14.3 Å². The third-order valence-corrected chi connectivity index (χ3v) is 4.13. The number of rotatable bonds is 7. The Balaban J connectivity index is 0.000000575. The molecule has 0 aliphatic heterocycles. The van der Waals surface area contributed by atoms with E-state index in [4.69, 9.17) is 22.4 Å². The lowest BCUT2D eigenvalue weighted by atomic mass is 10.1. The van der Waals surface area contributed by atoms with Crippen LogP contribution >= 0.6 is 11.6 Å². The van der Waals surface area contributed by atoms with Gasteiger partial charge in [-0.25, -0.2) is 4.98 Å². The van der Waals surface area contributed by atoms with Gasteiger partial charge in [0.1, 0.15) is 11.4 Å². The number of nitrogens with two attached hydrogens (primary N) is 2. The molecule has 0 saturated heterocycles. The van der Waals surface area contributed by atoms with Crippen LogP contribution in [0.1, 0.15) is 22.5 Å². The zero-order chi connectivity index (χ0) is 22.1. The summed E-state index contributed by atoms with van der Waals surface area (Å²) in [6.07, 6.45) is 5.00. The molecule has 3 rings (SSSR count). The van der Waals surface area contributed by atoms with Crippen molar-refractivity contribution in [2.24, 2.45) is 11.5 Å². The number of pyridine rings is 1. The van der Waals surface area contributed by atoms with Crippen LogP contribution in [-0.2, 0) is 17.8 Å². The molecule has 0 bridgehead atoms. The molecule has 11 heteroatoms. The van der Waals surface area contributed by atoms with E-state index in [9.17, 15) is 14.7 Å². The summed E-state index contributed by atoms with van der Waals surface area (Å²) in [6, 6.07) is 9.15. The highest BCUT2D eigenvalue weighted by Crippen LogP contribution is 2.22. The highest BCUT2D eigenvalue weighted by Gasteiger charge is 2.12. The van der Waals surface area contributed by atoms with E-state index in [1.807, 2.05) is 24.3 Å². The van der Waals surface area contributed by atoms with Crippen molar-refractivity contribution in [3.8, 4) is 17.0 Å². The van der Waals surface area contributed by atoms with Gasteiger partial charge in [0.15, 0.2) is 5.69 Å². The van der Waals surface area contributed by atoms with Crippen molar-refractivity contribution in [2.75, 3.05) is 6.54 Å². The van der Waals surface area contributed by atoms with Gasteiger partial charge in [-0.1, -0.05) is 28.9 Å². The zero-order valence-corrected chi connectivity index (χ0v) is 16.7. The second-order valence-corrected chi connectivity index (χ2v) is 6.59. The van der Waals surface area contributed by atoms with Gasteiger partial charge in [-0.05, 0) is 36.6 Å². The van der Waals surface area contributed by atoms with Crippen LogP contribution in [0.25, 0.3) is 11.3 Å². The van der Waals surface area contributed by atoms with E-state index in [0.717, 1.165) is 17.9 Å². The second-order valence-electron chi connectivity index (χ2n) is 6.15. The fourth-order valence-corrected chi connectivity index (χ4v) is 2.55. The minimum atomic E-state index is -0.968. The maximum atomic E-state index is 11.1. The van der Waals surface area contributed by atoms with Gasteiger partial charge < -0.3 is 21.7 Å². The average molecular weight is 433 g/mol. The zero-order valence-electron chi connectivity index (χ0n) is 15.9. The third-order valence-electron chi connectivity index (χ3n) is 3.88. The van der Waals surface area contributed by atoms with Gasteiger partial charge in [0.05, 0.1) is 12.7 Å². The number of halogens is 1. The highest BCUT2D eigenvalue weighted by molar-refractivity contribution is 6.30. The predicted octanol–water partition coefficient (Wildman–Crippen LogP) is 1.46. The number of carbonyl (C=O) groups is 2. The monoisotopic (exact) mass is 432 g/mol. The number of aromatic hydroxyl groups is 1. The molecule has 0 unspecified atom stereocenters. The van der Waals surface area contributed by atoms with Crippen LogP contribution in [0.3, 0.4) is 0 Å². The molecule has 0 spiro atoms. The number of amides is 1. The van der Waals surface area contributed by atoms with E-state index in [1.54, 1.807) is 10.9 Å². The number of aryl methyl sites for hydroxylation is 2. The molecule has 0 saturated carbocycles. The first-order valence-corrected chi connectivity index (χ1v) is 9.23. The topological polar surface area (TPSA) is 170 Å². The van der Waals surface area contributed by atoms with Crippen LogP contribution in [-0.4, -0.2) is 48.6 Å². The molecule has 0 aliphatic carbocycles. The Kier molecular flexibility index (Phi) is 8.27. The molecular weight excluding hydrogens is 412 g/mol. The summed E-state index contributed by atoms with van der Waals surface area (Å²) in [6.45, 7) is 0.425. The number of primary amides is 1. The van der Waals surface area contributed by atoms with E-state index in [2.05, 4.69) is 21.0 Å². The number of aliphatic carboxylic acids is 1. The maximum absolute atomic E-state index is 11.1. The molecule has 0 aliphatic rings. The first-order valence-electron chi connectivity index (χ1n) is 8.85. The minimum absolute atomic E-state index is 0.167. The number of nitrogens with zero attached hydrogens (tertiary/aromatic N) is 4. The van der Waals surface area contributed by atoms with E-state index >= 15 is 0 Å². The van der Waals surface area contributed by atoms with E-state index in [0.29, 0.717) is 17.8 Å². The molecule has 6 N–H and O–H groups in total. The third kappa shape index (κ3) is 6.83. The SMILES string of the molecule is NC(=O)c1ncc(-c2cn(CCCc3ccc(Cl)cc3)nn2)cc1O.NCC(=O)O. The molecule has 2 aromatic heterocycles. The summed E-state index contributed by atoms with van der Waals surface area (Å²) in [5.74, 6) is -2.03.